The molecule has 3 heterocycles. The van der Waals surface area contributed by atoms with Crippen LogP contribution >= 0.6 is 12.2 Å². The third kappa shape index (κ3) is 4.22. The van der Waals surface area contributed by atoms with Crippen LogP contribution in [-0.4, -0.2) is 58.5 Å². The van der Waals surface area contributed by atoms with Gasteiger partial charge in [-0.1, -0.05) is 0 Å². The van der Waals surface area contributed by atoms with Gasteiger partial charge < -0.3 is 15.1 Å². The van der Waals surface area contributed by atoms with Gasteiger partial charge in [-0.25, -0.2) is 4.98 Å². The molecule has 2 aromatic rings. The summed E-state index contributed by atoms with van der Waals surface area (Å²) in [4.78, 5) is 34.8. The molecule has 0 bridgehead atoms. The van der Waals surface area contributed by atoms with Gasteiger partial charge in [-0.05, 0) is 81.8 Å². The van der Waals surface area contributed by atoms with E-state index in [-0.39, 0.29) is 22.7 Å². The second-order valence-electron chi connectivity index (χ2n) is 9.61. The van der Waals surface area contributed by atoms with Crippen molar-refractivity contribution in [3.63, 3.8) is 0 Å². The molecule has 1 aromatic heterocycles. The zero-order chi connectivity index (χ0) is 26.5. The van der Waals surface area contributed by atoms with E-state index in [4.69, 9.17) is 17.5 Å². The van der Waals surface area contributed by atoms with Crippen molar-refractivity contribution in [3.8, 4) is 6.07 Å². The molecular weight excluding hydrogens is 505 g/mol. The van der Waals surface area contributed by atoms with E-state index in [0.717, 1.165) is 43.1 Å². The van der Waals surface area contributed by atoms with Crippen LogP contribution in [0.3, 0.4) is 0 Å². The van der Waals surface area contributed by atoms with Gasteiger partial charge >= 0.3 is 6.18 Å². The van der Waals surface area contributed by atoms with Crippen molar-refractivity contribution >= 4 is 40.5 Å². The number of amides is 2. The van der Waals surface area contributed by atoms with Gasteiger partial charge in [0.05, 0.1) is 17.4 Å². The zero-order valence-electron chi connectivity index (χ0n) is 19.9. The van der Waals surface area contributed by atoms with Crippen molar-refractivity contribution in [1.29, 1.82) is 5.26 Å². The number of aromatic nitrogens is 1. The fraction of sp³-hybridized carbons (Fsp3) is 0.400. The Balaban J connectivity index is 1.44. The molecule has 12 heteroatoms. The van der Waals surface area contributed by atoms with Crippen LogP contribution < -0.4 is 15.1 Å². The van der Waals surface area contributed by atoms with Gasteiger partial charge in [0, 0.05) is 23.8 Å². The molecule has 1 N–H and O–H groups in total. The monoisotopic (exact) mass is 528 g/mol. The summed E-state index contributed by atoms with van der Waals surface area (Å²) in [6, 6.07) is 8.94. The maximum absolute atomic E-state index is 13.6. The van der Waals surface area contributed by atoms with Crippen molar-refractivity contribution in [1.82, 2.24) is 15.2 Å². The smallest absolute Gasteiger partial charge is 0.348 e. The number of hydrogen-bond acceptors (Lipinski definition) is 6. The van der Waals surface area contributed by atoms with Crippen molar-refractivity contribution in [2.24, 2.45) is 0 Å². The number of carbonyl (C=O) groups is 2. The largest absolute Gasteiger partial charge is 0.419 e. The summed E-state index contributed by atoms with van der Waals surface area (Å²) in [5, 5.41) is 12.1. The number of likely N-dealkylation sites (tertiary alicyclic amines) is 1. The topological polar surface area (TPSA) is 92.6 Å². The molecule has 8 nitrogen and oxygen atoms in total. The Bertz CT molecular complexity index is 1320. The van der Waals surface area contributed by atoms with Crippen LogP contribution in [0.25, 0.3) is 0 Å². The Morgan fingerprint density at radius 2 is 1.95 bits per heavy atom. The zero-order valence-corrected chi connectivity index (χ0v) is 20.7. The first-order valence-electron chi connectivity index (χ1n) is 11.8. The number of rotatable bonds is 4. The van der Waals surface area contributed by atoms with E-state index < -0.39 is 28.9 Å². The van der Waals surface area contributed by atoms with E-state index in [1.54, 1.807) is 29.2 Å². The first-order chi connectivity index (χ1) is 17.5. The molecule has 1 unspecified atom stereocenters. The lowest BCUT2D eigenvalue weighted by atomic mass is 9.75. The van der Waals surface area contributed by atoms with Crippen molar-refractivity contribution in [2.75, 3.05) is 29.9 Å². The third-order valence-corrected chi connectivity index (χ3v) is 7.61. The minimum absolute atomic E-state index is 0.0236. The van der Waals surface area contributed by atoms with Gasteiger partial charge in [0.15, 0.2) is 10.8 Å². The number of nitrogens with one attached hydrogen (secondary N) is 1. The lowest BCUT2D eigenvalue weighted by Gasteiger charge is -2.43. The van der Waals surface area contributed by atoms with Gasteiger partial charge in [-0.2, -0.15) is 18.4 Å². The number of nitrogens with zero attached hydrogens (tertiary/aromatic N) is 5. The highest BCUT2D eigenvalue weighted by Crippen LogP contribution is 2.48. The summed E-state index contributed by atoms with van der Waals surface area (Å²) < 4.78 is 40.6. The van der Waals surface area contributed by atoms with E-state index in [9.17, 15) is 22.8 Å². The molecule has 1 spiro atoms. The fourth-order valence-electron chi connectivity index (χ4n) is 5.17. The molecule has 3 fully saturated rings. The predicted octanol–water partition coefficient (Wildman–Crippen LogP) is 3.47. The van der Waals surface area contributed by atoms with Crippen molar-refractivity contribution in [2.45, 2.75) is 43.4 Å². The summed E-state index contributed by atoms with van der Waals surface area (Å²) in [6.07, 6.45) is -1.17. The lowest BCUT2D eigenvalue weighted by molar-refractivity contribution is -0.138. The van der Waals surface area contributed by atoms with Gasteiger partial charge in [0.25, 0.3) is 11.8 Å². The standard InChI is InChI=1S/C25H23F3N6O2S/c1-32-10-7-16(14-32)31-21(35)15-3-5-17(6-4-15)34-23(37)33(22(36)24(34)8-2-9-24)18-11-19(25(26,27)28)20(12-29)30-13-18/h3-6,11,13,16H,2,7-10,14H2,1H3,(H,31,35). The summed E-state index contributed by atoms with van der Waals surface area (Å²) in [5.74, 6) is -0.634. The van der Waals surface area contributed by atoms with Crippen molar-refractivity contribution in [3.05, 3.63) is 53.3 Å². The maximum Gasteiger partial charge on any atom is 0.419 e. The quantitative estimate of drug-likeness (QED) is 0.608. The van der Waals surface area contributed by atoms with Gasteiger partial charge in [-0.3, -0.25) is 14.5 Å². The minimum Gasteiger partial charge on any atom is -0.348 e. The second kappa shape index (κ2) is 9.08. The van der Waals surface area contributed by atoms with Gasteiger partial charge in [0.2, 0.25) is 0 Å². The SMILES string of the molecule is CN1CCC(NC(=O)c2ccc(N3C(=S)N(c4cnc(C#N)c(C(F)(F)F)c4)C(=O)C34CCC4)cc2)C1. The number of halogens is 3. The van der Waals surface area contributed by atoms with E-state index in [0.29, 0.717) is 24.1 Å². The number of carbonyl (C=O) groups excluding carboxylic acids is 2. The molecule has 1 aliphatic carbocycles. The first-order valence-corrected chi connectivity index (χ1v) is 12.2. The average Bonchev–Trinajstić information content (AvgIpc) is 3.35. The number of anilines is 2. The van der Waals surface area contributed by atoms with Crippen LogP contribution in [0.1, 0.15) is 47.3 Å². The van der Waals surface area contributed by atoms with Crippen molar-refractivity contribution < 1.29 is 22.8 Å². The molecule has 1 aromatic carbocycles. The highest BCUT2D eigenvalue weighted by Gasteiger charge is 2.59. The Morgan fingerprint density at radius 3 is 2.49 bits per heavy atom. The van der Waals surface area contributed by atoms with Crippen LogP contribution in [0.2, 0.25) is 0 Å². The molecule has 3 aliphatic rings. The third-order valence-electron chi connectivity index (χ3n) is 7.25. The molecule has 2 aliphatic heterocycles. The van der Waals surface area contributed by atoms with Crippen LogP contribution in [0.15, 0.2) is 36.5 Å². The molecule has 1 saturated carbocycles. The number of nitriles is 1. The Kier molecular flexibility index (Phi) is 6.16. The maximum atomic E-state index is 13.6. The van der Waals surface area contributed by atoms with E-state index in [2.05, 4.69) is 15.2 Å². The first kappa shape index (κ1) is 25.1. The number of hydrogen-bond donors (Lipinski definition) is 1. The Labute approximate surface area is 216 Å². The van der Waals surface area contributed by atoms with Crippen LogP contribution in [0.5, 0.6) is 0 Å². The van der Waals surface area contributed by atoms with Gasteiger partial charge in [-0.15, -0.1) is 0 Å². The fourth-order valence-corrected chi connectivity index (χ4v) is 5.64. The normalized spacial score (nSPS) is 21.3. The number of benzene rings is 1. The summed E-state index contributed by atoms with van der Waals surface area (Å²) >= 11 is 5.61. The van der Waals surface area contributed by atoms with Crippen LogP contribution in [-0.2, 0) is 11.0 Å². The molecule has 5 rings (SSSR count). The molecule has 192 valence electrons. The molecular formula is C25H23F3N6O2S. The summed E-state index contributed by atoms with van der Waals surface area (Å²) in [6.45, 7) is 1.70. The van der Waals surface area contributed by atoms with Crippen LogP contribution in [0, 0.1) is 11.3 Å². The lowest BCUT2D eigenvalue weighted by Crippen LogP contribution is -2.55. The van der Waals surface area contributed by atoms with E-state index >= 15 is 0 Å². The highest BCUT2D eigenvalue weighted by atomic mass is 32.1. The van der Waals surface area contributed by atoms with Crippen LogP contribution in [0.4, 0.5) is 24.5 Å². The number of likely N-dealkylation sites (N-methyl/N-ethyl adjacent to an activating group) is 1. The van der Waals surface area contributed by atoms with E-state index in [1.165, 1.54) is 6.07 Å². The molecule has 2 amide bonds. The average molecular weight is 529 g/mol. The minimum atomic E-state index is -4.82. The number of pyridine rings is 1. The van der Waals surface area contributed by atoms with Gasteiger partial charge in [0.1, 0.15) is 11.6 Å². The Morgan fingerprint density at radius 1 is 1.24 bits per heavy atom. The number of alkyl halides is 3. The highest BCUT2D eigenvalue weighted by molar-refractivity contribution is 7.81. The molecule has 2 saturated heterocycles. The Hall–Kier alpha value is -3.56. The molecule has 0 radical (unpaired) electrons. The molecule has 37 heavy (non-hydrogen) atoms. The second-order valence-corrected chi connectivity index (χ2v) is 9.98. The van der Waals surface area contributed by atoms with E-state index in [1.807, 2.05) is 7.05 Å². The summed E-state index contributed by atoms with van der Waals surface area (Å²) in [5.41, 5.74) is -2.14. The number of thiocarbonyl (C=S) groups is 1. The molecule has 1 atom stereocenters. The predicted molar refractivity (Wildman–Crippen MR) is 133 cm³/mol. The summed E-state index contributed by atoms with van der Waals surface area (Å²) in [7, 11) is 2.00.